The van der Waals surface area contributed by atoms with Crippen LogP contribution in [-0.2, 0) is 11.2 Å². The monoisotopic (exact) mass is 260 g/mol. The third kappa shape index (κ3) is 3.22. The smallest absolute Gasteiger partial charge is 0.306 e. The number of carbonyl (C=O) groups is 2. The number of rotatable bonds is 4. The highest BCUT2D eigenvalue weighted by Crippen LogP contribution is 2.31. The van der Waals surface area contributed by atoms with Crippen LogP contribution in [0.1, 0.15) is 48.5 Å². The molecule has 0 bridgehead atoms. The minimum Gasteiger partial charge on any atom is -0.481 e. The lowest BCUT2D eigenvalue weighted by atomic mass is 9.78. The number of carboxylic acids is 1. The Morgan fingerprint density at radius 2 is 1.79 bits per heavy atom. The minimum atomic E-state index is -0.765. The normalized spacial score (nSPS) is 23.0. The molecule has 1 aliphatic carbocycles. The van der Waals surface area contributed by atoms with E-state index in [1.165, 1.54) is 5.56 Å². The summed E-state index contributed by atoms with van der Waals surface area (Å²) in [4.78, 5) is 23.4. The van der Waals surface area contributed by atoms with Gasteiger partial charge in [0, 0.05) is 11.5 Å². The molecular formula is C16H20O3. The van der Waals surface area contributed by atoms with E-state index in [-0.39, 0.29) is 17.6 Å². The topological polar surface area (TPSA) is 54.4 Å². The van der Waals surface area contributed by atoms with Gasteiger partial charge in [-0.2, -0.15) is 0 Å². The average molecular weight is 260 g/mol. The van der Waals surface area contributed by atoms with Gasteiger partial charge < -0.3 is 5.11 Å². The number of carboxylic acid groups (broad SMARTS) is 1. The first-order valence-electron chi connectivity index (χ1n) is 6.97. The number of hydrogen-bond donors (Lipinski definition) is 1. The fourth-order valence-corrected chi connectivity index (χ4v) is 2.79. The van der Waals surface area contributed by atoms with Gasteiger partial charge in [0.1, 0.15) is 0 Å². The molecule has 1 N–H and O–H groups in total. The highest BCUT2D eigenvalue weighted by molar-refractivity contribution is 5.98. The lowest BCUT2D eigenvalue weighted by Crippen LogP contribution is -2.27. The van der Waals surface area contributed by atoms with E-state index in [1.807, 2.05) is 24.3 Å². The van der Waals surface area contributed by atoms with E-state index < -0.39 is 5.97 Å². The molecule has 19 heavy (non-hydrogen) atoms. The highest BCUT2D eigenvalue weighted by Gasteiger charge is 2.31. The van der Waals surface area contributed by atoms with E-state index in [9.17, 15) is 9.59 Å². The van der Waals surface area contributed by atoms with Crippen molar-refractivity contribution < 1.29 is 14.7 Å². The summed E-state index contributed by atoms with van der Waals surface area (Å²) < 4.78 is 0. The second kappa shape index (κ2) is 6.00. The van der Waals surface area contributed by atoms with Gasteiger partial charge in [0.15, 0.2) is 5.78 Å². The van der Waals surface area contributed by atoms with Gasteiger partial charge in [-0.15, -0.1) is 0 Å². The first-order valence-corrected chi connectivity index (χ1v) is 6.97. The van der Waals surface area contributed by atoms with Crippen LogP contribution in [0.3, 0.4) is 0 Å². The summed E-state index contributed by atoms with van der Waals surface area (Å²) in [7, 11) is 0. The Labute approximate surface area is 113 Å². The molecule has 3 heteroatoms. The zero-order chi connectivity index (χ0) is 13.8. The third-order valence-corrected chi connectivity index (χ3v) is 4.04. The molecule has 1 aliphatic rings. The van der Waals surface area contributed by atoms with Crippen LogP contribution in [-0.4, -0.2) is 16.9 Å². The standard InChI is InChI=1S/C16H20O3/c1-2-11-6-8-12(9-7-11)15(17)13-4-3-5-14(10-13)16(18)19/h6-9,13-14H,2-5,10H2,1H3,(H,18,19)/t13-,14+/m1/s1. The Hall–Kier alpha value is -1.64. The van der Waals surface area contributed by atoms with Crippen LogP contribution in [0.25, 0.3) is 0 Å². The van der Waals surface area contributed by atoms with E-state index >= 15 is 0 Å². The van der Waals surface area contributed by atoms with Gasteiger partial charge in [-0.3, -0.25) is 9.59 Å². The number of Topliss-reactive ketones (excluding diaryl/α,β-unsaturated/α-hetero) is 1. The molecule has 0 radical (unpaired) electrons. The van der Waals surface area contributed by atoms with Crippen molar-refractivity contribution in [1.82, 2.24) is 0 Å². The molecule has 2 atom stereocenters. The lowest BCUT2D eigenvalue weighted by molar-refractivity contribution is -0.143. The molecule has 0 aromatic heterocycles. The van der Waals surface area contributed by atoms with Crippen molar-refractivity contribution in [3.63, 3.8) is 0 Å². The van der Waals surface area contributed by atoms with Crippen LogP contribution < -0.4 is 0 Å². The van der Waals surface area contributed by atoms with Crippen molar-refractivity contribution in [3.05, 3.63) is 35.4 Å². The summed E-state index contributed by atoms with van der Waals surface area (Å²) in [5, 5.41) is 9.07. The van der Waals surface area contributed by atoms with Crippen LogP contribution in [0.15, 0.2) is 24.3 Å². The number of aryl methyl sites for hydroxylation is 1. The fourth-order valence-electron chi connectivity index (χ4n) is 2.79. The Balaban J connectivity index is 2.07. The number of carbonyl (C=O) groups excluding carboxylic acids is 1. The quantitative estimate of drug-likeness (QED) is 0.845. The van der Waals surface area contributed by atoms with Crippen LogP contribution in [0.5, 0.6) is 0 Å². The van der Waals surface area contributed by atoms with E-state index in [0.717, 1.165) is 19.3 Å². The van der Waals surface area contributed by atoms with Gasteiger partial charge in [-0.25, -0.2) is 0 Å². The van der Waals surface area contributed by atoms with Crippen molar-refractivity contribution in [2.45, 2.75) is 39.0 Å². The van der Waals surface area contributed by atoms with Crippen molar-refractivity contribution >= 4 is 11.8 Å². The Morgan fingerprint density at radius 3 is 2.37 bits per heavy atom. The molecule has 0 heterocycles. The second-order valence-electron chi connectivity index (χ2n) is 5.31. The SMILES string of the molecule is CCc1ccc(C(=O)[C@@H]2CCC[C@H](C(=O)O)C2)cc1. The first-order chi connectivity index (χ1) is 9.11. The molecule has 0 aliphatic heterocycles. The summed E-state index contributed by atoms with van der Waals surface area (Å²) in [6.07, 6.45) is 3.80. The predicted octanol–water partition coefficient (Wildman–Crippen LogP) is 3.32. The van der Waals surface area contributed by atoms with Crippen molar-refractivity contribution in [3.8, 4) is 0 Å². The summed E-state index contributed by atoms with van der Waals surface area (Å²) in [5.74, 6) is -1.13. The molecule has 0 spiro atoms. The molecular weight excluding hydrogens is 240 g/mol. The summed E-state index contributed by atoms with van der Waals surface area (Å²) in [6.45, 7) is 2.08. The van der Waals surface area contributed by atoms with Gasteiger partial charge >= 0.3 is 5.97 Å². The molecule has 3 nitrogen and oxygen atoms in total. The van der Waals surface area contributed by atoms with Gasteiger partial charge in [0.25, 0.3) is 0 Å². The Bertz CT molecular complexity index is 461. The predicted molar refractivity (Wildman–Crippen MR) is 73.2 cm³/mol. The molecule has 1 saturated carbocycles. The maximum Gasteiger partial charge on any atom is 0.306 e. The maximum absolute atomic E-state index is 12.4. The number of aliphatic carboxylic acids is 1. The fraction of sp³-hybridized carbons (Fsp3) is 0.500. The number of ketones is 1. The zero-order valence-corrected chi connectivity index (χ0v) is 11.3. The minimum absolute atomic E-state index is 0.105. The van der Waals surface area contributed by atoms with Gasteiger partial charge in [-0.1, -0.05) is 37.6 Å². The Morgan fingerprint density at radius 1 is 1.16 bits per heavy atom. The Kier molecular flexibility index (Phi) is 4.35. The van der Waals surface area contributed by atoms with Gasteiger partial charge in [0.05, 0.1) is 5.92 Å². The van der Waals surface area contributed by atoms with Gasteiger partial charge in [-0.05, 0) is 31.2 Å². The van der Waals surface area contributed by atoms with E-state index in [4.69, 9.17) is 5.11 Å². The summed E-state index contributed by atoms with van der Waals surface area (Å²) in [6, 6.07) is 7.69. The molecule has 1 aromatic carbocycles. The largest absolute Gasteiger partial charge is 0.481 e. The second-order valence-corrected chi connectivity index (χ2v) is 5.31. The third-order valence-electron chi connectivity index (χ3n) is 4.04. The van der Waals surface area contributed by atoms with Gasteiger partial charge in [0.2, 0.25) is 0 Å². The van der Waals surface area contributed by atoms with Crippen LogP contribution >= 0.6 is 0 Å². The van der Waals surface area contributed by atoms with Crippen LogP contribution in [0.2, 0.25) is 0 Å². The van der Waals surface area contributed by atoms with Crippen molar-refractivity contribution in [1.29, 1.82) is 0 Å². The van der Waals surface area contributed by atoms with E-state index in [1.54, 1.807) is 0 Å². The molecule has 0 saturated heterocycles. The molecule has 0 amide bonds. The molecule has 102 valence electrons. The van der Waals surface area contributed by atoms with E-state index in [2.05, 4.69) is 6.92 Å². The first kappa shape index (κ1) is 13.8. The molecule has 1 aromatic rings. The van der Waals surface area contributed by atoms with Crippen molar-refractivity contribution in [2.24, 2.45) is 11.8 Å². The van der Waals surface area contributed by atoms with Crippen molar-refractivity contribution in [2.75, 3.05) is 0 Å². The van der Waals surface area contributed by atoms with Crippen LogP contribution in [0, 0.1) is 11.8 Å². The van der Waals surface area contributed by atoms with Crippen LogP contribution in [0.4, 0.5) is 0 Å². The average Bonchev–Trinajstić information content (AvgIpc) is 2.46. The molecule has 2 rings (SSSR count). The zero-order valence-electron chi connectivity index (χ0n) is 11.3. The number of benzene rings is 1. The summed E-state index contributed by atoms with van der Waals surface area (Å²) in [5.41, 5.74) is 1.93. The highest BCUT2D eigenvalue weighted by atomic mass is 16.4. The molecule has 0 unspecified atom stereocenters. The molecule has 1 fully saturated rings. The summed E-state index contributed by atoms with van der Waals surface area (Å²) >= 11 is 0. The van der Waals surface area contributed by atoms with E-state index in [0.29, 0.717) is 18.4 Å². The maximum atomic E-state index is 12.4. The lowest BCUT2D eigenvalue weighted by Gasteiger charge is -2.25. The number of hydrogen-bond acceptors (Lipinski definition) is 2.